The summed E-state index contributed by atoms with van der Waals surface area (Å²) in [6, 6.07) is 7.98. The van der Waals surface area contributed by atoms with Gasteiger partial charge >= 0.3 is 0 Å². The third-order valence-corrected chi connectivity index (χ3v) is 3.43. The van der Waals surface area contributed by atoms with Gasteiger partial charge in [-0.05, 0) is 37.5 Å². The van der Waals surface area contributed by atoms with Crippen LogP contribution in [0, 0.1) is 12.8 Å². The van der Waals surface area contributed by atoms with Gasteiger partial charge in [0.2, 0.25) is 5.91 Å². The number of aliphatic imine (C=N–C) groups is 1. The normalized spacial score (nSPS) is 12.2. The fraction of sp³-hybridized carbons (Fsp3) is 0.579. The first-order chi connectivity index (χ1) is 11.8. The average Bonchev–Trinajstić information content (AvgIpc) is 2.53. The highest BCUT2D eigenvalue weighted by Gasteiger charge is 2.08. The van der Waals surface area contributed by atoms with E-state index in [4.69, 9.17) is 4.74 Å². The van der Waals surface area contributed by atoms with E-state index in [1.807, 2.05) is 38.1 Å². The maximum Gasteiger partial charge on any atom is 0.243 e. The van der Waals surface area contributed by atoms with Crippen LogP contribution in [0.5, 0.6) is 5.75 Å². The summed E-state index contributed by atoms with van der Waals surface area (Å²) < 4.78 is 5.91. The van der Waals surface area contributed by atoms with Crippen molar-refractivity contribution >= 4 is 35.8 Å². The summed E-state index contributed by atoms with van der Waals surface area (Å²) in [6.07, 6.45) is -0.0302. The van der Waals surface area contributed by atoms with Crippen LogP contribution >= 0.6 is 24.0 Å². The lowest BCUT2D eigenvalue weighted by Crippen LogP contribution is -2.43. The molecule has 1 rings (SSSR count). The smallest absolute Gasteiger partial charge is 0.243 e. The second kappa shape index (κ2) is 12.8. The predicted octanol–water partition coefficient (Wildman–Crippen LogP) is 2.66. The molecule has 0 aliphatic rings. The molecule has 1 atom stereocenters. The molecule has 0 fully saturated rings. The average molecular weight is 476 g/mol. The van der Waals surface area contributed by atoms with Crippen LogP contribution in [0.3, 0.4) is 0 Å². The summed E-state index contributed by atoms with van der Waals surface area (Å²) in [6.45, 7) is 9.79. The standard InChI is InChI=1S/C19H32N4O2.HI/c1-14(2)11-20-19(22-13-18(24)23(5)6)21-12-16(4)25-17-9-7-8-15(3)10-17;/h7-10,14,16H,11-13H2,1-6H3,(H2,20,21,22);1H. The molecule has 0 bridgehead atoms. The minimum Gasteiger partial charge on any atom is -0.489 e. The number of rotatable bonds is 8. The Morgan fingerprint density at radius 3 is 2.42 bits per heavy atom. The molecule has 0 saturated carbocycles. The first-order valence-electron chi connectivity index (χ1n) is 8.73. The molecular formula is C19H33IN4O2. The Bertz CT molecular complexity index is 576. The van der Waals surface area contributed by atoms with Crippen molar-refractivity contribution in [1.29, 1.82) is 0 Å². The molecule has 1 aromatic carbocycles. The van der Waals surface area contributed by atoms with Gasteiger partial charge in [-0.2, -0.15) is 0 Å². The van der Waals surface area contributed by atoms with E-state index in [2.05, 4.69) is 29.5 Å². The molecule has 148 valence electrons. The van der Waals surface area contributed by atoms with Crippen molar-refractivity contribution in [2.45, 2.75) is 33.8 Å². The van der Waals surface area contributed by atoms with Gasteiger partial charge in [-0.3, -0.25) is 4.79 Å². The molecule has 1 amide bonds. The summed E-state index contributed by atoms with van der Waals surface area (Å²) in [5.41, 5.74) is 1.17. The molecule has 0 spiro atoms. The van der Waals surface area contributed by atoms with E-state index >= 15 is 0 Å². The number of nitrogens with one attached hydrogen (secondary N) is 2. The van der Waals surface area contributed by atoms with Crippen LogP contribution in [0.25, 0.3) is 0 Å². The summed E-state index contributed by atoms with van der Waals surface area (Å²) in [5, 5.41) is 6.50. The summed E-state index contributed by atoms with van der Waals surface area (Å²) in [4.78, 5) is 17.6. The highest BCUT2D eigenvalue weighted by Crippen LogP contribution is 2.13. The van der Waals surface area contributed by atoms with Crippen LogP contribution in [0.2, 0.25) is 0 Å². The number of likely N-dealkylation sites (N-methyl/N-ethyl adjacent to an activating group) is 1. The Morgan fingerprint density at radius 2 is 1.85 bits per heavy atom. The lowest BCUT2D eigenvalue weighted by molar-refractivity contribution is -0.127. The number of ether oxygens (including phenoxy) is 1. The van der Waals surface area contributed by atoms with E-state index in [-0.39, 0.29) is 42.5 Å². The molecule has 1 aromatic rings. The molecule has 26 heavy (non-hydrogen) atoms. The number of halogens is 1. The molecule has 2 N–H and O–H groups in total. The zero-order chi connectivity index (χ0) is 18.8. The van der Waals surface area contributed by atoms with Gasteiger partial charge in [0.1, 0.15) is 18.4 Å². The minimum absolute atomic E-state index is 0. The number of nitrogens with zero attached hydrogens (tertiary/aromatic N) is 2. The van der Waals surface area contributed by atoms with Crippen LogP contribution in [0.15, 0.2) is 29.3 Å². The van der Waals surface area contributed by atoms with Crippen LogP contribution in [0.1, 0.15) is 26.3 Å². The van der Waals surface area contributed by atoms with E-state index in [1.165, 1.54) is 10.5 Å². The van der Waals surface area contributed by atoms with Crippen molar-refractivity contribution in [3.63, 3.8) is 0 Å². The van der Waals surface area contributed by atoms with E-state index in [0.717, 1.165) is 12.3 Å². The SMILES string of the molecule is Cc1cccc(OC(C)CNC(=NCC(=O)N(C)C)NCC(C)C)c1.I. The molecule has 0 saturated heterocycles. The van der Waals surface area contributed by atoms with Crippen LogP contribution in [-0.4, -0.2) is 56.6 Å². The topological polar surface area (TPSA) is 66.0 Å². The largest absolute Gasteiger partial charge is 0.489 e. The monoisotopic (exact) mass is 476 g/mol. The Morgan fingerprint density at radius 1 is 1.19 bits per heavy atom. The first-order valence-corrected chi connectivity index (χ1v) is 8.73. The second-order valence-electron chi connectivity index (χ2n) is 6.85. The summed E-state index contributed by atoms with van der Waals surface area (Å²) in [7, 11) is 3.45. The van der Waals surface area contributed by atoms with Gasteiger partial charge in [0.15, 0.2) is 5.96 Å². The van der Waals surface area contributed by atoms with Crippen molar-refractivity contribution in [2.24, 2.45) is 10.9 Å². The summed E-state index contributed by atoms with van der Waals surface area (Å²) in [5.74, 6) is 1.93. The minimum atomic E-state index is -0.0327. The number of hydrogen-bond acceptors (Lipinski definition) is 3. The summed E-state index contributed by atoms with van der Waals surface area (Å²) >= 11 is 0. The molecular weight excluding hydrogens is 443 g/mol. The van der Waals surface area contributed by atoms with Crippen molar-refractivity contribution in [3.05, 3.63) is 29.8 Å². The molecule has 0 aliphatic heterocycles. The van der Waals surface area contributed by atoms with E-state index < -0.39 is 0 Å². The highest BCUT2D eigenvalue weighted by atomic mass is 127. The van der Waals surface area contributed by atoms with Crippen LogP contribution < -0.4 is 15.4 Å². The first kappa shape index (κ1) is 24.5. The number of benzene rings is 1. The lowest BCUT2D eigenvalue weighted by Gasteiger charge is -2.19. The molecule has 0 aliphatic carbocycles. The number of carbonyl (C=O) groups excluding carboxylic acids is 1. The number of aryl methyl sites for hydroxylation is 1. The highest BCUT2D eigenvalue weighted by molar-refractivity contribution is 14.0. The maximum absolute atomic E-state index is 11.7. The molecule has 1 unspecified atom stereocenters. The van der Waals surface area contributed by atoms with Gasteiger partial charge < -0.3 is 20.3 Å². The second-order valence-corrected chi connectivity index (χ2v) is 6.85. The predicted molar refractivity (Wildman–Crippen MR) is 119 cm³/mol. The molecule has 0 radical (unpaired) electrons. The van der Waals surface area contributed by atoms with Crippen molar-refractivity contribution in [2.75, 3.05) is 33.7 Å². The van der Waals surface area contributed by atoms with Crippen molar-refractivity contribution < 1.29 is 9.53 Å². The third kappa shape index (κ3) is 10.5. The van der Waals surface area contributed by atoms with Crippen molar-refractivity contribution in [1.82, 2.24) is 15.5 Å². The van der Waals surface area contributed by atoms with Gasteiger partial charge in [0.25, 0.3) is 0 Å². The fourth-order valence-electron chi connectivity index (χ4n) is 1.97. The fourth-order valence-corrected chi connectivity index (χ4v) is 1.97. The van der Waals surface area contributed by atoms with E-state index in [1.54, 1.807) is 14.1 Å². The van der Waals surface area contributed by atoms with Gasteiger partial charge in [0.05, 0.1) is 6.54 Å². The zero-order valence-corrected chi connectivity index (χ0v) is 19.0. The quantitative estimate of drug-likeness (QED) is 0.344. The molecule has 7 heteroatoms. The molecule has 6 nitrogen and oxygen atoms in total. The number of carbonyl (C=O) groups is 1. The Labute approximate surface area is 174 Å². The van der Waals surface area contributed by atoms with Gasteiger partial charge in [-0.25, -0.2) is 4.99 Å². The van der Waals surface area contributed by atoms with Gasteiger partial charge in [0, 0.05) is 20.6 Å². The van der Waals surface area contributed by atoms with Gasteiger partial charge in [-0.15, -0.1) is 24.0 Å². The third-order valence-electron chi connectivity index (χ3n) is 3.43. The maximum atomic E-state index is 11.7. The van der Waals surface area contributed by atoms with Crippen LogP contribution in [-0.2, 0) is 4.79 Å². The van der Waals surface area contributed by atoms with Gasteiger partial charge in [-0.1, -0.05) is 26.0 Å². The lowest BCUT2D eigenvalue weighted by atomic mass is 10.2. The number of amides is 1. The number of guanidine groups is 1. The zero-order valence-electron chi connectivity index (χ0n) is 16.7. The van der Waals surface area contributed by atoms with Crippen LogP contribution in [0.4, 0.5) is 0 Å². The van der Waals surface area contributed by atoms with E-state index in [9.17, 15) is 4.79 Å². The van der Waals surface area contributed by atoms with Crippen molar-refractivity contribution in [3.8, 4) is 5.75 Å². The molecule has 0 heterocycles. The molecule has 0 aromatic heterocycles. The number of hydrogen-bond donors (Lipinski definition) is 2. The Hall–Kier alpha value is -1.51. The Balaban J connectivity index is 0.00000625. The van der Waals surface area contributed by atoms with E-state index in [0.29, 0.717) is 18.4 Å². The Kier molecular flexibility index (Phi) is 12.0.